The normalized spacial score (nSPS) is 11.0. The summed E-state index contributed by atoms with van der Waals surface area (Å²) >= 11 is 0. The zero-order valence-electron chi connectivity index (χ0n) is 25.5. The molecule has 0 N–H and O–H groups in total. The van der Waals surface area contributed by atoms with E-state index in [0.29, 0.717) is 28.9 Å². The molecule has 0 atom stereocenters. The molecule has 0 amide bonds. The Morgan fingerprint density at radius 3 is 2.22 bits per heavy atom. The molecule has 0 radical (unpaired) electrons. The number of para-hydroxylation sites is 1. The number of aryl methyl sites for hydroxylation is 3. The average molecular weight is 685 g/mol. The topological polar surface area (TPSA) is 63.3 Å². The number of hydrogen-bond donors (Lipinski definition) is 0. The van der Waals surface area contributed by atoms with Gasteiger partial charge in [0.25, 0.3) is 0 Å². The van der Waals surface area contributed by atoms with Crippen molar-refractivity contribution in [3.63, 3.8) is 0 Å². The maximum absolute atomic E-state index is 6.36. The van der Waals surface area contributed by atoms with Crippen LogP contribution in [0, 0.1) is 32.9 Å². The Labute approximate surface area is 275 Å². The van der Waals surface area contributed by atoms with Crippen molar-refractivity contribution in [3.05, 3.63) is 120 Å². The van der Waals surface area contributed by atoms with E-state index in [0.717, 1.165) is 55.4 Å². The third-order valence-corrected chi connectivity index (χ3v) is 7.82. The molecule has 0 fully saturated rings. The molecule has 3 aromatic heterocycles. The number of methoxy groups -OCH3 is 2. The molecule has 0 bridgehead atoms. The summed E-state index contributed by atoms with van der Waals surface area (Å²) in [7, 11) is 3.25. The molecule has 0 saturated heterocycles. The van der Waals surface area contributed by atoms with Crippen LogP contribution in [-0.4, -0.2) is 33.6 Å². The van der Waals surface area contributed by atoms with Crippen molar-refractivity contribution in [3.8, 4) is 45.9 Å². The molecule has 0 unspecified atom stereocenters. The molecule has 0 aliphatic rings. The van der Waals surface area contributed by atoms with Gasteiger partial charge in [0, 0.05) is 23.2 Å². The van der Waals surface area contributed by atoms with Crippen LogP contribution in [0.4, 0.5) is 0 Å². The van der Waals surface area contributed by atoms with E-state index >= 15 is 0 Å². The number of rotatable bonds is 7. The second kappa shape index (κ2) is 12.2. The van der Waals surface area contributed by atoms with E-state index in [1.807, 2.05) is 54.7 Å². The van der Waals surface area contributed by atoms with E-state index in [-0.39, 0.29) is 20.4 Å². The van der Waals surface area contributed by atoms with Gasteiger partial charge in [-0.3, -0.25) is 0 Å². The summed E-state index contributed by atoms with van der Waals surface area (Å²) in [5.41, 5.74) is 7.75. The SMILES string of the molecule is COc1nn(-c2[c-]c(Oc3[c-]c4c(cc3)c3ccccc3n4-c3cc(C)ccn3)ccc2)c(OC)c1-c1c(C)cccc1C.[Pd+2]. The summed E-state index contributed by atoms with van der Waals surface area (Å²) in [5.74, 6) is 2.92. The zero-order chi connectivity index (χ0) is 30.4. The van der Waals surface area contributed by atoms with Crippen molar-refractivity contribution < 1.29 is 34.6 Å². The number of pyridine rings is 1. The van der Waals surface area contributed by atoms with E-state index in [1.165, 1.54) is 0 Å². The van der Waals surface area contributed by atoms with Gasteiger partial charge in [-0.05, 0) is 72.3 Å². The number of benzene rings is 4. The Hall–Kier alpha value is -4.90. The van der Waals surface area contributed by atoms with Crippen molar-refractivity contribution >= 4 is 21.8 Å². The van der Waals surface area contributed by atoms with E-state index in [2.05, 4.69) is 78.9 Å². The number of nitrogens with zero attached hydrogens (tertiary/aromatic N) is 4. The zero-order valence-corrected chi connectivity index (χ0v) is 27.0. The van der Waals surface area contributed by atoms with Crippen LogP contribution in [0.2, 0.25) is 0 Å². The van der Waals surface area contributed by atoms with Crippen molar-refractivity contribution in [2.75, 3.05) is 14.2 Å². The Bertz CT molecular complexity index is 2160. The molecule has 0 aliphatic heterocycles. The summed E-state index contributed by atoms with van der Waals surface area (Å²) in [6.07, 6.45) is 1.83. The van der Waals surface area contributed by atoms with Gasteiger partial charge in [-0.15, -0.1) is 40.8 Å². The van der Waals surface area contributed by atoms with Crippen LogP contribution in [0.5, 0.6) is 23.3 Å². The summed E-state index contributed by atoms with van der Waals surface area (Å²) < 4.78 is 21.8. The first kappa shape index (κ1) is 30.1. The second-order valence-corrected chi connectivity index (χ2v) is 10.7. The van der Waals surface area contributed by atoms with Gasteiger partial charge < -0.3 is 18.8 Å². The molecule has 0 aliphatic carbocycles. The first-order valence-corrected chi connectivity index (χ1v) is 14.3. The van der Waals surface area contributed by atoms with Gasteiger partial charge in [-0.1, -0.05) is 41.9 Å². The van der Waals surface area contributed by atoms with Crippen LogP contribution < -0.4 is 14.2 Å². The predicted octanol–water partition coefficient (Wildman–Crippen LogP) is 8.36. The molecular weight excluding hydrogens is 655 g/mol. The van der Waals surface area contributed by atoms with Crippen LogP contribution >= 0.6 is 0 Å². The van der Waals surface area contributed by atoms with Gasteiger partial charge in [-0.2, -0.15) is 12.1 Å². The van der Waals surface area contributed by atoms with Crippen LogP contribution in [0.15, 0.2) is 91.1 Å². The minimum absolute atomic E-state index is 0. The van der Waals surface area contributed by atoms with Gasteiger partial charge in [0.1, 0.15) is 11.4 Å². The number of aromatic nitrogens is 4. The summed E-state index contributed by atoms with van der Waals surface area (Å²) in [4.78, 5) is 4.67. The fourth-order valence-corrected chi connectivity index (χ4v) is 5.85. The van der Waals surface area contributed by atoms with Crippen LogP contribution in [0.3, 0.4) is 0 Å². The Balaban J connectivity index is 0.00000357. The summed E-state index contributed by atoms with van der Waals surface area (Å²) in [6.45, 7) is 6.21. The Kier molecular flexibility index (Phi) is 8.20. The number of fused-ring (bicyclic) bond motifs is 3. The maximum atomic E-state index is 6.36. The molecule has 7 aromatic rings. The van der Waals surface area contributed by atoms with Crippen molar-refractivity contribution in [2.24, 2.45) is 0 Å². The van der Waals surface area contributed by atoms with Gasteiger partial charge in [0.05, 0.1) is 14.2 Å². The van der Waals surface area contributed by atoms with Gasteiger partial charge in [0.2, 0.25) is 11.8 Å². The van der Waals surface area contributed by atoms with Crippen LogP contribution in [-0.2, 0) is 20.4 Å². The maximum Gasteiger partial charge on any atom is 2.00 e. The fraction of sp³-hybridized carbons (Fsp3) is 0.135. The fourth-order valence-electron chi connectivity index (χ4n) is 5.85. The molecular formula is C37H30N4O3Pd. The molecule has 226 valence electrons. The van der Waals surface area contributed by atoms with E-state index in [9.17, 15) is 0 Å². The third kappa shape index (κ3) is 5.27. The minimum atomic E-state index is 0. The largest absolute Gasteiger partial charge is 2.00 e. The molecule has 0 saturated carbocycles. The quantitative estimate of drug-likeness (QED) is 0.125. The standard InChI is InChI=1S/C37H30N4O3.Pd/c1-23-18-19-38-33(20-23)40-31-15-7-6-14-29(31)30-17-16-28(22-32(30)40)44-27-13-9-12-26(21-27)41-37(43-5)35(36(39-41)42-4)34-24(2)10-8-11-25(34)3;/h6-20H,1-5H3;/q-2;+2. The van der Waals surface area contributed by atoms with Gasteiger partial charge in [-0.25, -0.2) is 9.67 Å². The predicted molar refractivity (Wildman–Crippen MR) is 173 cm³/mol. The van der Waals surface area contributed by atoms with Crippen LogP contribution in [0.1, 0.15) is 16.7 Å². The number of ether oxygens (including phenoxy) is 3. The van der Waals surface area contributed by atoms with Crippen molar-refractivity contribution in [1.29, 1.82) is 0 Å². The van der Waals surface area contributed by atoms with E-state index in [4.69, 9.17) is 19.3 Å². The van der Waals surface area contributed by atoms with Gasteiger partial charge in [0.15, 0.2) is 0 Å². The summed E-state index contributed by atoms with van der Waals surface area (Å²) in [6, 6.07) is 35.1. The molecule has 45 heavy (non-hydrogen) atoms. The monoisotopic (exact) mass is 684 g/mol. The minimum Gasteiger partial charge on any atom is -0.509 e. The molecule has 7 nitrogen and oxygen atoms in total. The Morgan fingerprint density at radius 2 is 1.47 bits per heavy atom. The van der Waals surface area contributed by atoms with Crippen molar-refractivity contribution in [2.45, 2.75) is 20.8 Å². The van der Waals surface area contributed by atoms with E-state index < -0.39 is 0 Å². The third-order valence-electron chi connectivity index (χ3n) is 7.82. The first-order chi connectivity index (χ1) is 21.5. The molecule has 3 heterocycles. The van der Waals surface area contributed by atoms with Crippen LogP contribution in [0.25, 0.3) is 44.4 Å². The molecule has 8 heteroatoms. The second-order valence-electron chi connectivity index (χ2n) is 10.7. The number of hydrogen-bond acceptors (Lipinski definition) is 5. The smallest absolute Gasteiger partial charge is 0.509 e. The summed E-state index contributed by atoms with van der Waals surface area (Å²) in [5, 5.41) is 6.96. The van der Waals surface area contributed by atoms with Crippen molar-refractivity contribution in [1.82, 2.24) is 19.3 Å². The average Bonchev–Trinajstić information content (AvgIpc) is 3.56. The Morgan fingerprint density at radius 1 is 0.711 bits per heavy atom. The van der Waals surface area contributed by atoms with E-state index in [1.54, 1.807) is 18.9 Å². The molecule has 0 spiro atoms. The molecule has 4 aromatic carbocycles. The molecule has 7 rings (SSSR count). The first-order valence-electron chi connectivity index (χ1n) is 14.3. The van der Waals surface area contributed by atoms with Gasteiger partial charge >= 0.3 is 20.4 Å².